The number of rotatable bonds is 8. The molecule has 34 heavy (non-hydrogen) atoms. The fourth-order valence-corrected chi connectivity index (χ4v) is 3.91. The van der Waals surface area contributed by atoms with Crippen molar-refractivity contribution in [2.45, 2.75) is 32.4 Å². The summed E-state index contributed by atoms with van der Waals surface area (Å²) in [7, 11) is 0. The Balaban J connectivity index is 1.33. The normalized spacial score (nSPS) is 14.4. The quantitative estimate of drug-likeness (QED) is 0.492. The summed E-state index contributed by atoms with van der Waals surface area (Å²) in [6.45, 7) is 1.41. The molecular formula is C25H24F3NO5. The van der Waals surface area contributed by atoms with Crippen LogP contribution in [-0.2, 0) is 35.5 Å². The molecule has 0 unspecified atom stereocenters. The number of halogens is 3. The summed E-state index contributed by atoms with van der Waals surface area (Å²) in [6, 6.07) is 16.1. The molecule has 6 nitrogen and oxygen atoms in total. The first-order chi connectivity index (χ1) is 16.2. The first-order valence-corrected chi connectivity index (χ1v) is 10.8. The molecule has 0 bridgehead atoms. The van der Waals surface area contributed by atoms with E-state index in [2.05, 4.69) is 9.64 Å². The molecular weight excluding hydrogens is 451 g/mol. The molecule has 0 amide bonds. The third-order valence-electron chi connectivity index (χ3n) is 5.62. The highest BCUT2D eigenvalue weighted by atomic mass is 19.4. The summed E-state index contributed by atoms with van der Waals surface area (Å²) in [5.74, 6) is 0.999. The number of nitrogens with zero attached hydrogens (tertiary/aromatic N) is 1. The molecule has 0 saturated carbocycles. The molecule has 2 heterocycles. The largest absolute Gasteiger partial charge is 0.522 e. The predicted molar refractivity (Wildman–Crippen MR) is 117 cm³/mol. The lowest BCUT2D eigenvalue weighted by atomic mass is 10.0. The highest BCUT2D eigenvalue weighted by molar-refractivity contribution is 5.68. The zero-order chi connectivity index (χ0) is 24.1. The first kappa shape index (κ1) is 23.8. The molecule has 0 spiro atoms. The number of fused-ring (bicyclic) bond motifs is 1. The van der Waals surface area contributed by atoms with Crippen molar-refractivity contribution in [3.63, 3.8) is 0 Å². The van der Waals surface area contributed by atoms with Crippen molar-refractivity contribution in [2.24, 2.45) is 0 Å². The Morgan fingerprint density at radius 2 is 1.74 bits per heavy atom. The van der Waals surface area contributed by atoms with E-state index in [0.29, 0.717) is 23.6 Å². The average Bonchev–Trinajstić information content (AvgIpc) is 3.17. The molecule has 1 N–H and O–H groups in total. The van der Waals surface area contributed by atoms with Crippen LogP contribution in [0.3, 0.4) is 0 Å². The van der Waals surface area contributed by atoms with Crippen LogP contribution in [0.1, 0.15) is 22.5 Å². The van der Waals surface area contributed by atoms with Crippen molar-refractivity contribution >= 4 is 5.97 Å². The van der Waals surface area contributed by atoms with Gasteiger partial charge in [-0.15, -0.1) is 13.2 Å². The number of alkyl halides is 3. The maximum atomic E-state index is 12.2. The number of carboxylic acid groups (broad SMARTS) is 1. The number of carboxylic acids is 1. The number of benzene rings is 2. The van der Waals surface area contributed by atoms with E-state index in [4.69, 9.17) is 14.3 Å². The Hall–Kier alpha value is -3.30. The van der Waals surface area contributed by atoms with Crippen molar-refractivity contribution in [3.8, 4) is 17.1 Å². The molecule has 2 aromatic carbocycles. The smallest absolute Gasteiger partial charge is 0.482 e. The molecule has 0 atom stereocenters. The molecule has 0 aliphatic carbocycles. The monoisotopic (exact) mass is 475 g/mol. The molecule has 0 radical (unpaired) electrons. The maximum absolute atomic E-state index is 12.2. The SMILES string of the molecule is O=C(O)COc1ccc2c(c1)CCN(Cc1ccc(-c3ccc(COC(F)(F)F)cc3)o1)CC2. The second-order valence-corrected chi connectivity index (χ2v) is 8.09. The first-order valence-electron chi connectivity index (χ1n) is 10.8. The van der Waals surface area contributed by atoms with Gasteiger partial charge in [-0.25, -0.2) is 4.79 Å². The van der Waals surface area contributed by atoms with Crippen LogP contribution in [0.5, 0.6) is 5.75 Å². The van der Waals surface area contributed by atoms with Gasteiger partial charge in [0.05, 0.1) is 13.2 Å². The van der Waals surface area contributed by atoms with E-state index in [1.165, 1.54) is 5.56 Å². The van der Waals surface area contributed by atoms with Crippen molar-refractivity contribution in [1.29, 1.82) is 0 Å². The number of hydrogen-bond acceptors (Lipinski definition) is 5. The summed E-state index contributed by atoms with van der Waals surface area (Å²) in [5.41, 5.74) is 3.58. The summed E-state index contributed by atoms with van der Waals surface area (Å²) in [4.78, 5) is 13.0. The minimum Gasteiger partial charge on any atom is -0.482 e. The van der Waals surface area contributed by atoms with E-state index < -0.39 is 18.9 Å². The number of hydrogen-bond donors (Lipinski definition) is 1. The van der Waals surface area contributed by atoms with E-state index >= 15 is 0 Å². The van der Waals surface area contributed by atoms with Crippen molar-refractivity contribution in [2.75, 3.05) is 19.7 Å². The minimum absolute atomic E-state index is 0.365. The van der Waals surface area contributed by atoms with Gasteiger partial charge in [0.2, 0.25) is 0 Å². The van der Waals surface area contributed by atoms with E-state index in [-0.39, 0.29) is 6.61 Å². The van der Waals surface area contributed by atoms with Gasteiger partial charge in [-0.2, -0.15) is 0 Å². The molecule has 1 aliphatic rings. The number of ether oxygens (including phenoxy) is 2. The zero-order valence-electron chi connectivity index (χ0n) is 18.3. The fraction of sp³-hybridized carbons (Fsp3) is 0.320. The summed E-state index contributed by atoms with van der Waals surface area (Å²) >= 11 is 0. The molecule has 0 saturated heterocycles. The molecule has 9 heteroatoms. The van der Waals surface area contributed by atoms with Crippen molar-refractivity contribution < 1.29 is 37.0 Å². The third-order valence-corrected chi connectivity index (χ3v) is 5.62. The second-order valence-electron chi connectivity index (χ2n) is 8.09. The van der Waals surface area contributed by atoms with Crippen molar-refractivity contribution in [1.82, 2.24) is 4.90 Å². The van der Waals surface area contributed by atoms with Gasteiger partial charge in [0, 0.05) is 18.7 Å². The Morgan fingerprint density at radius 1 is 1.00 bits per heavy atom. The Bertz CT molecular complexity index is 1120. The predicted octanol–water partition coefficient (Wildman–Crippen LogP) is 5.05. The zero-order valence-corrected chi connectivity index (χ0v) is 18.3. The fourth-order valence-electron chi connectivity index (χ4n) is 3.91. The minimum atomic E-state index is -4.65. The Morgan fingerprint density at radius 3 is 2.44 bits per heavy atom. The van der Waals surface area contributed by atoms with Crippen molar-refractivity contribution in [3.05, 3.63) is 77.0 Å². The highest BCUT2D eigenvalue weighted by Gasteiger charge is 2.28. The summed E-state index contributed by atoms with van der Waals surface area (Å²) < 4.78 is 51.7. The maximum Gasteiger partial charge on any atom is 0.522 e. The lowest BCUT2D eigenvalue weighted by Crippen LogP contribution is -2.25. The van der Waals surface area contributed by atoms with E-state index in [0.717, 1.165) is 42.8 Å². The highest BCUT2D eigenvalue weighted by Crippen LogP contribution is 2.26. The van der Waals surface area contributed by atoms with Crippen LogP contribution in [0.15, 0.2) is 59.0 Å². The lowest BCUT2D eigenvalue weighted by molar-refractivity contribution is -0.330. The van der Waals surface area contributed by atoms with Crippen LogP contribution in [-0.4, -0.2) is 42.0 Å². The second kappa shape index (κ2) is 10.3. The molecule has 1 aliphatic heterocycles. The summed E-state index contributed by atoms with van der Waals surface area (Å²) in [5, 5.41) is 8.79. The number of aliphatic carboxylic acids is 1. The van der Waals surface area contributed by atoms with Gasteiger partial charge >= 0.3 is 12.3 Å². The van der Waals surface area contributed by atoms with Gasteiger partial charge in [0.1, 0.15) is 17.3 Å². The summed E-state index contributed by atoms with van der Waals surface area (Å²) in [6.07, 6.45) is -2.97. The molecule has 3 aromatic rings. The van der Waals surface area contributed by atoms with Gasteiger partial charge in [0.15, 0.2) is 6.61 Å². The van der Waals surface area contributed by atoms with Gasteiger partial charge in [0.25, 0.3) is 0 Å². The topological polar surface area (TPSA) is 72.1 Å². The van der Waals surface area contributed by atoms with Crippen LogP contribution in [0.2, 0.25) is 0 Å². The molecule has 4 rings (SSSR count). The van der Waals surface area contributed by atoms with Gasteiger partial charge < -0.3 is 14.3 Å². The van der Waals surface area contributed by atoms with E-state index in [1.54, 1.807) is 30.3 Å². The van der Waals surface area contributed by atoms with Gasteiger partial charge in [-0.3, -0.25) is 9.64 Å². The van der Waals surface area contributed by atoms with Gasteiger partial charge in [-0.05, 0) is 53.8 Å². The van der Waals surface area contributed by atoms with E-state index in [9.17, 15) is 18.0 Å². The van der Waals surface area contributed by atoms with E-state index in [1.807, 2.05) is 24.3 Å². The van der Waals surface area contributed by atoms with Crippen LogP contribution >= 0.6 is 0 Å². The van der Waals surface area contributed by atoms with Gasteiger partial charge in [-0.1, -0.05) is 30.3 Å². The molecule has 1 aromatic heterocycles. The standard InChI is InChI=1S/C25H24F3NO5/c26-25(27,28)33-15-17-1-3-19(4-2-17)23-8-7-22(34-23)14-29-11-9-18-5-6-21(32-16-24(30)31)13-20(18)10-12-29/h1-8,13H,9-12,14-16H2,(H,30,31). The third kappa shape index (κ3) is 6.61. The van der Waals surface area contributed by atoms with Crippen LogP contribution in [0.25, 0.3) is 11.3 Å². The van der Waals surface area contributed by atoms with Crippen LogP contribution in [0, 0.1) is 0 Å². The molecule has 0 fully saturated rings. The lowest BCUT2D eigenvalue weighted by Gasteiger charge is -2.18. The van der Waals surface area contributed by atoms with Crippen LogP contribution in [0.4, 0.5) is 13.2 Å². The number of carbonyl (C=O) groups is 1. The van der Waals surface area contributed by atoms with Crippen LogP contribution < -0.4 is 4.74 Å². The average molecular weight is 475 g/mol. The Labute approximate surface area is 194 Å². The molecule has 180 valence electrons. The Kier molecular flexibility index (Phi) is 7.23. The number of furan rings is 1.